The molecule has 242 valence electrons. The van der Waals surface area contributed by atoms with Gasteiger partial charge in [-0.3, -0.25) is 9.69 Å². The van der Waals surface area contributed by atoms with Gasteiger partial charge in [0.15, 0.2) is 11.1 Å². The number of fused-ring (bicyclic) bond motifs is 3. The van der Waals surface area contributed by atoms with Crippen molar-refractivity contribution in [3.8, 4) is 0 Å². The smallest absolute Gasteiger partial charge is 0.256 e. The van der Waals surface area contributed by atoms with Gasteiger partial charge in [0.25, 0.3) is 5.91 Å². The summed E-state index contributed by atoms with van der Waals surface area (Å²) >= 11 is -2.70. The monoisotopic (exact) mass is 650 g/mol. The largest absolute Gasteiger partial charge is 0.338 e. The van der Waals surface area contributed by atoms with Gasteiger partial charge in [0.05, 0.1) is 16.6 Å². The van der Waals surface area contributed by atoms with Crippen molar-refractivity contribution in [2.24, 2.45) is 0 Å². The molecular formula is C35H37F3N4O3S. The third-order valence-corrected chi connectivity index (χ3v) is 11.4. The van der Waals surface area contributed by atoms with Gasteiger partial charge in [-0.1, -0.05) is 24.3 Å². The van der Waals surface area contributed by atoms with E-state index in [1.165, 1.54) is 16.5 Å². The second-order valence-corrected chi connectivity index (χ2v) is 14.0. The Morgan fingerprint density at radius 3 is 2.37 bits per heavy atom. The number of benzene rings is 3. The number of piperidine rings is 2. The highest BCUT2D eigenvalue weighted by molar-refractivity contribution is 7.79. The van der Waals surface area contributed by atoms with Crippen LogP contribution in [0.4, 0.5) is 13.2 Å². The Hall–Kier alpha value is -3.54. The van der Waals surface area contributed by atoms with Crippen LogP contribution in [0.5, 0.6) is 0 Å². The van der Waals surface area contributed by atoms with Gasteiger partial charge in [0.2, 0.25) is 0 Å². The normalized spacial score (nSPS) is 23.6. The van der Waals surface area contributed by atoms with E-state index in [0.29, 0.717) is 50.1 Å². The molecule has 3 aliphatic heterocycles. The van der Waals surface area contributed by atoms with Gasteiger partial charge in [-0.25, -0.2) is 22.4 Å². The summed E-state index contributed by atoms with van der Waals surface area (Å²) in [6.07, 6.45) is 6.29. The summed E-state index contributed by atoms with van der Waals surface area (Å²) in [6, 6.07) is 17.6. The first kappa shape index (κ1) is 31.1. The summed E-state index contributed by atoms with van der Waals surface area (Å²) in [5, 5.41) is 0. The van der Waals surface area contributed by atoms with Crippen LogP contribution in [0, 0.1) is 24.4 Å². The highest BCUT2D eigenvalue weighted by Gasteiger charge is 2.44. The van der Waals surface area contributed by atoms with Crippen molar-refractivity contribution < 1.29 is 26.7 Å². The zero-order valence-electron chi connectivity index (χ0n) is 25.7. The van der Waals surface area contributed by atoms with Crippen molar-refractivity contribution in [3.63, 3.8) is 0 Å². The molecule has 11 heteroatoms. The van der Waals surface area contributed by atoms with Gasteiger partial charge < -0.3 is 14.0 Å². The van der Waals surface area contributed by atoms with Crippen LogP contribution in [0.3, 0.4) is 0 Å². The van der Waals surface area contributed by atoms with E-state index >= 15 is 0 Å². The molecule has 7 rings (SSSR count). The Morgan fingerprint density at radius 2 is 1.67 bits per heavy atom. The fourth-order valence-corrected chi connectivity index (χ4v) is 8.87. The molecule has 0 aliphatic carbocycles. The molecule has 3 saturated heterocycles. The molecule has 3 aromatic carbocycles. The van der Waals surface area contributed by atoms with E-state index in [0.717, 1.165) is 61.6 Å². The summed E-state index contributed by atoms with van der Waals surface area (Å²) in [5.74, 6) is -2.16. The summed E-state index contributed by atoms with van der Waals surface area (Å²) < 4.78 is 66.6. The maximum atomic E-state index is 14.7. The number of nitrogens with zero attached hydrogens (tertiary/aromatic N) is 4. The van der Waals surface area contributed by atoms with Crippen molar-refractivity contribution in [1.29, 1.82) is 0 Å². The fourth-order valence-electron chi connectivity index (χ4n) is 8.43. The van der Waals surface area contributed by atoms with Crippen molar-refractivity contribution in [3.05, 3.63) is 95.1 Å². The molecule has 0 saturated carbocycles. The van der Waals surface area contributed by atoms with Gasteiger partial charge >= 0.3 is 0 Å². The molecule has 2 unspecified atom stereocenters. The number of amides is 1. The predicted molar refractivity (Wildman–Crippen MR) is 169 cm³/mol. The fraction of sp³-hybridized carbons (Fsp3) is 0.429. The summed E-state index contributed by atoms with van der Waals surface area (Å²) in [7, 11) is 0. The number of likely N-dealkylation sites (tertiary alicyclic amines) is 1. The van der Waals surface area contributed by atoms with E-state index in [9.17, 15) is 26.7 Å². The lowest BCUT2D eigenvalue weighted by atomic mass is 9.70. The van der Waals surface area contributed by atoms with E-state index in [4.69, 9.17) is 4.98 Å². The van der Waals surface area contributed by atoms with Gasteiger partial charge in [0.1, 0.15) is 28.2 Å². The highest BCUT2D eigenvalue weighted by atomic mass is 32.2. The van der Waals surface area contributed by atoms with Crippen molar-refractivity contribution in [2.75, 3.05) is 19.6 Å². The van der Waals surface area contributed by atoms with Crippen LogP contribution in [-0.2, 0) is 16.5 Å². The maximum Gasteiger partial charge on any atom is 0.256 e. The molecule has 1 aromatic heterocycles. The van der Waals surface area contributed by atoms with Gasteiger partial charge in [-0.15, -0.1) is 0 Å². The number of carbonyl (C=O) groups is 1. The first-order valence-corrected chi connectivity index (χ1v) is 17.1. The SMILES string of the molecule is Cc1nc2ccccc2n1C1C[C@H]2CC[C@@H](C1)N2CCC1(c2cccc(F)c2)CCN(C(=O)c2cc(S(=O)O)c(F)cc2F)CC1. The lowest BCUT2D eigenvalue weighted by Crippen LogP contribution is -2.49. The van der Waals surface area contributed by atoms with Gasteiger partial charge in [0, 0.05) is 37.3 Å². The molecule has 3 aliphatic rings. The molecule has 7 nitrogen and oxygen atoms in total. The molecule has 3 fully saturated rings. The second-order valence-electron chi connectivity index (χ2n) is 13.1. The number of hydrogen-bond acceptors (Lipinski definition) is 4. The quantitative estimate of drug-likeness (QED) is 0.223. The van der Waals surface area contributed by atoms with E-state index < -0.39 is 39.1 Å². The van der Waals surface area contributed by atoms with Crippen LogP contribution in [0.2, 0.25) is 0 Å². The third-order valence-electron chi connectivity index (χ3n) is 10.7. The molecule has 0 radical (unpaired) electrons. The Balaban J connectivity index is 1.08. The average molecular weight is 651 g/mol. The Bertz CT molecular complexity index is 1810. The van der Waals surface area contributed by atoms with Crippen LogP contribution in [0.15, 0.2) is 65.6 Å². The number of imidazole rings is 1. The van der Waals surface area contributed by atoms with Crippen LogP contribution in [0.25, 0.3) is 11.0 Å². The number of halogens is 3. The Kier molecular flexibility index (Phi) is 8.27. The molecule has 1 N–H and O–H groups in total. The minimum Gasteiger partial charge on any atom is -0.338 e. The Labute approximate surface area is 268 Å². The molecular weight excluding hydrogens is 613 g/mol. The average Bonchev–Trinajstić information content (AvgIpc) is 3.50. The summed E-state index contributed by atoms with van der Waals surface area (Å²) in [4.78, 5) is 21.7. The van der Waals surface area contributed by atoms with Crippen LogP contribution < -0.4 is 0 Å². The lowest BCUT2D eigenvalue weighted by molar-refractivity contribution is 0.0602. The van der Waals surface area contributed by atoms with Gasteiger partial charge in [-0.2, -0.15) is 0 Å². The molecule has 4 atom stereocenters. The van der Waals surface area contributed by atoms with Crippen LogP contribution in [0.1, 0.15) is 72.7 Å². The molecule has 4 aromatic rings. The van der Waals surface area contributed by atoms with Crippen molar-refractivity contribution in [2.45, 2.75) is 80.3 Å². The van der Waals surface area contributed by atoms with E-state index in [-0.39, 0.29) is 11.2 Å². The molecule has 4 heterocycles. The highest BCUT2D eigenvalue weighted by Crippen LogP contribution is 2.45. The zero-order chi connectivity index (χ0) is 32.2. The van der Waals surface area contributed by atoms with Gasteiger partial charge in [-0.05, 0) is 99.7 Å². The minimum absolute atomic E-state index is 0.297. The number of aromatic nitrogens is 2. The van der Waals surface area contributed by atoms with Crippen LogP contribution >= 0.6 is 0 Å². The summed E-state index contributed by atoms with van der Waals surface area (Å²) in [5.41, 5.74) is 2.30. The Morgan fingerprint density at radius 1 is 0.957 bits per heavy atom. The number of aryl methyl sites for hydroxylation is 1. The molecule has 46 heavy (non-hydrogen) atoms. The first-order valence-electron chi connectivity index (χ1n) is 16.0. The predicted octanol–water partition coefficient (Wildman–Crippen LogP) is 6.77. The molecule has 2 bridgehead atoms. The topological polar surface area (TPSA) is 78.7 Å². The molecule has 0 spiro atoms. The number of carbonyl (C=O) groups excluding carboxylic acids is 1. The van der Waals surface area contributed by atoms with Crippen LogP contribution in [-0.4, -0.2) is 65.7 Å². The van der Waals surface area contributed by atoms with E-state index in [2.05, 4.69) is 34.6 Å². The number of hydrogen-bond donors (Lipinski definition) is 1. The van der Waals surface area contributed by atoms with Crippen molar-refractivity contribution >= 4 is 28.0 Å². The standard InChI is InChI=1S/C35H37F3N4O3S/c1-22-39-31-7-2-3-8-32(31)42(22)27-18-25-9-10-26(19-27)41(25)16-13-35(23-5-4-6-24(36)17-23)11-14-40(15-12-35)34(43)28-20-33(46(44)45)30(38)21-29(28)37/h2-8,17,20-21,25-27H,9-16,18-19H2,1H3,(H,44,45)/t25-,26+,27?. The first-order chi connectivity index (χ1) is 22.1. The van der Waals surface area contributed by atoms with E-state index in [1.807, 2.05) is 12.1 Å². The third kappa shape index (κ3) is 5.56. The zero-order valence-corrected chi connectivity index (χ0v) is 26.5. The van der Waals surface area contributed by atoms with E-state index in [1.54, 1.807) is 12.1 Å². The van der Waals surface area contributed by atoms with Crippen molar-refractivity contribution in [1.82, 2.24) is 19.4 Å². The number of rotatable bonds is 7. The summed E-state index contributed by atoms with van der Waals surface area (Å²) in [6.45, 7) is 3.54. The molecule has 1 amide bonds. The maximum absolute atomic E-state index is 14.7. The number of para-hydroxylation sites is 2. The lowest BCUT2D eigenvalue weighted by Gasteiger charge is -2.45. The minimum atomic E-state index is -2.70. The second kappa shape index (κ2) is 12.2.